The van der Waals surface area contributed by atoms with Crippen LogP contribution in [0.15, 0.2) is 12.4 Å². The van der Waals surface area contributed by atoms with Gasteiger partial charge in [-0.05, 0) is 19.4 Å². The second-order valence-corrected chi connectivity index (χ2v) is 4.33. The number of carboxylic acid groups (broad SMARTS) is 1. The number of aliphatic carboxylic acids is 1. The smallest absolute Gasteiger partial charge is 0.320 e. The van der Waals surface area contributed by atoms with Gasteiger partial charge in [-0.2, -0.15) is 0 Å². The van der Waals surface area contributed by atoms with Crippen molar-refractivity contribution in [2.75, 3.05) is 13.7 Å². The summed E-state index contributed by atoms with van der Waals surface area (Å²) in [4.78, 5) is 21.4. The molecule has 1 N–H and O–H groups in total. The van der Waals surface area contributed by atoms with Crippen LogP contribution in [-0.2, 0) is 11.3 Å². The number of piperidine rings is 1. The molecule has 0 amide bonds. The highest BCUT2D eigenvalue weighted by molar-refractivity contribution is 5.73. The summed E-state index contributed by atoms with van der Waals surface area (Å²) in [6.07, 6.45) is 5.83. The molecule has 2 rings (SSSR count). The van der Waals surface area contributed by atoms with Gasteiger partial charge in [0.15, 0.2) is 0 Å². The first-order chi connectivity index (χ1) is 8.72. The van der Waals surface area contributed by atoms with Gasteiger partial charge in [-0.25, -0.2) is 4.98 Å². The number of nitrogens with zero attached hydrogens (tertiary/aromatic N) is 3. The lowest BCUT2D eigenvalue weighted by Gasteiger charge is -2.32. The minimum absolute atomic E-state index is 0.425. The fourth-order valence-corrected chi connectivity index (χ4v) is 2.29. The molecule has 0 radical (unpaired) electrons. The Morgan fingerprint density at radius 1 is 1.50 bits per heavy atom. The van der Waals surface area contributed by atoms with Crippen LogP contribution in [0.2, 0.25) is 0 Å². The highest BCUT2D eigenvalue weighted by Crippen LogP contribution is 2.21. The van der Waals surface area contributed by atoms with E-state index in [1.165, 1.54) is 0 Å². The number of carbonyl (C=O) groups is 1. The Morgan fingerprint density at radius 3 is 3.00 bits per heavy atom. The van der Waals surface area contributed by atoms with Gasteiger partial charge in [0.25, 0.3) is 0 Å². The maximum atomic E-state index is 11.2. The quantitative estimate of drug-likeness (QED) is 0.857. The summed E-state index contributed by atoms with van der Waals surface area (Å²) in [5, 5.41) is 9.20. The van der Waals surface area contributed by atoms with Crippen molar-refractivity contribution in [3.05, 3.63) is 18.1 Å². The van der Waals surface area contributed by atoms with Crippen molar-refractivity contribution in [2.45, 2.75) is 31.8 Å². The van der Waals surface area contributed by atoms with Crippen LogP contribution in [0.3, 0.4) is 0 Å². The van der Waals surface area contributed by atoms with Crippen LogP contribution in [0, 0.1) is 0 Å². The van der Waals surface area contributed by atoms with E-state index in [1.807, 2.05) is 4.90 Å². The normalized spacial score (nSPS) is 20.6. The van der Waals surface area contributed by atoms with Crippen LogP contribution >= 0.6 is 0 Å². The number of hydrogen-bond donors (Lipinski definition) is 1. The fourth-order valence-electron chi connectivity index (χ4n) is 2.29. The Morgan fingerprint density at radius 2 is 2.28 bits per heavy atom. The number of carboxylic acids is 1. The molecule has 0 spiro atoms. The fraction of sp³-hybridized carbons (Fsp3) is 0.583. The van der Waals surface area contributed by atoms with Crippen LogP contribution in [0.25, 0.3) is 0 Å². The minimum Gasteiger partial charge on any atom is -0.480 e. The second kappa shape index (κ2) is 5.77. The van der Waals surface area contributed by atoms with Gasteiger partial charge in [0.05, 0.1) is 7.11 Å². The second-order valence-electron chi connectivity index (χ2n) is 4.33. The molecular weight excluding hydrogens is 234 g/mol. The van der Waals surface area contributed by atoms with E-state index in [1.54, 1.807) is 19.5 Å². The maximum absolute atomic E-state index is 11.2. The first-order valence-electron chi connectivity index (χ1n) is 6.03. The lowest BCUT2D eigenvalue weighted by Crippen LogP contribution is -2.44. The number of hydrogen-bond acceptors (Lipinski definition) is 5. The number of ether oxygens (including phenoxy) is 1. The molecule has 2 heterocycles. The molecule has 0 aromatic carbocycles. The van der Waals surface area contributed by atoms with E-state index in [-0.39, 0.29) is 0 Å². The van der Waals surface area contributed by atoms with Gasteiger partial charge in [-0.1, -0.05) is 6.42 Å². The van der Waals surface area contributed by atoms with Crippen LogP contribution in [0.5, 0.6) is 5.88 Å². The minimum atomic E-state index is -0.766. The first kappa shape index (κ1) is 12.8. The molecule has 1 atom stereocenters. The van der Waals surface area contributed by atoms with Crippen LogP contribution in [0.4, 0.5) is 0 Å². The topological polar surface area (TPSA) is 75.6 Å². The molecule has 0 unspecified atom stereocenters. The molecule has 6 nitrogen and oxygen atoms in total. The number of rotatable bonds is 4. The summed E-state index contributed by atoms with van der Waals surface area (Å²) in [6, 6.07) is -0.425. The zero-order chi connectivity index (χ0) is 13.0. The van der Waals surface area contributed by atoms with E-state index in [2.05, 4.69) is 9.97 Å². The van der Waals surface area contributed by atoms with Crippen LogP contribution in [-0.4, -0.2) is 45.6 Å². The molecule has 1 fully saturated rings. The summed E-state index contributed by atoms with van der Waals surface area (Å²) < 4.78 is 5.13. The lowest BCUT2D eigenvalue weighted by molar-refractivity contribution is -0.144. The Balaban J connectivity index is 2.13. The zero-order valence-electron chi connectivity index (χ0n) is 10.4. The highest BCUT2D eigenvalue weighted by Gasteiger charge is 2.29. The van der Waals surface area contributed by atoms with Crippen molar-refractivity contribution < 1.29 is 14.6 Å². The Hall–Kier alpha value is -1.69. The molecule has 0 aliphatic carbocycles. The van der Waals surface area contributed by atoms with Gasteiger partial charge in [0.1, 0.15) is 11.7 Å². The Labute approximate surface area is 106 Å². The van der Waals surface area contributed by atoms with Crippen molar-refractivity contribution in [2.24, 2.45) is 0 Å². The summed E-state index contributed by atoms with van der Waals surface area (Å²) in [7, 11) is 1.54. The van der Waals surface area contributed by atoms with E-state index >= 15 is 0 Å². The van der Waals surface area contributed by atoms with Crippen molar-refractivity contribution in [1.29, 1.82) is 0 Å². The lowest BCUT2D eigenvalue weighted by atomic mass is 10.0. The molecule has 18 heavy (non-hydrogen) atoms. The van der Waals surface area contributed by atoms with Gasteiger partial charge in [0.2, 0.25) is 5.88 Å². The maximum Gasteiger partial charge on any atom is 0.320 e. The highest BCUT2D eigenvalue weighted by atomic mass is 16.5. The Kier molecular flexibility index (Phi) is 4.09. The SMILES string of the molecule is COc1nccnc1CN1CCCC[C@@H]1C(=O)O. The standard InChI is InChI=1S/C12H17N3O3/c1-18-11-9(13-5-6-14-11)8-15-7-3-2-4-10(15)12(16)17/h5-6,10H,2-4,7-8H2,1H3,(H,16,17)/t10-/m1/s1. The third kappa shape index (κ3) is 2.76. The zero-order valence-corrected chi connectivity index (χ0v) is 10.4. The molecule has 6 heteroatoms. The van der Waals surface area contributed by atoms with Gasteiger partial charge in [-0.3, -0.25) is 14.7 Å². The van der Waals surface area contributed by atoms with E-state index in [0.717, 1.165) is 19.4 Å². The van der Waals surface area contributed by atoms with Gasteiger partial charge >= 0.3 is 5.97 Å². The molecule has 0 saturated carbocycles. The Bertz CT molecular complexity index is 425. The predicted octanol–water partition coefficient (Wildman–Crippen LogP) is 0.924. The molecule has 1 aromatic rings. The monoisotopic (exact) mass is 251 g/mol. The van der Waals surface area contributed by atoms with Crippen molar-refractivity contribution in [3.63, 3.8) is 0 Å². The van der Waals surface area contributed by atoms with Crippen molar-refractivity contribution >= 4 is 5.97 Å². The average Bonchev–Trinajstić information content (AvgIpc) is 2.40. The number of methoxy groups -OCH3 is 1. The van der Waals surface area contributed by atoms with E-state index < -0.39 is 12.0 Å². The van der Waals surface area contributed by atoms with E-state index in [0.29, 0.717) is 24.5 Å². The number of likely N-dealkylation sites (tertiary alicyclic amines) is 1. The van der Waals surface area contributed by atoms with Gasteiger partial charge in [0, 0.05) is 18.9 Å². The largest absolute Gasteiger partial charge is 0.480 e. The first-order valence-corrected chi connectivity index (χ1v) is 6.03. The number of aromatic nitrogens is 2. The molecule has 1 aromatic heterocycles. The molecule has 98 valence electrons. The molecule has 1 aliphatic rings. The third-order valence-corrected chi connectivity index (χ3v) is 3.18. The molecular formula is C12H17N3O3. The molecule has 0 bridgehead atoms. The van der Waals surface area contributed by atoms with Crippen LogP contribution < -0.4 is 4.74 Å². The van der Waals surface area contributed by atoms with Crippen molar-refractivity contribution in [3.8, 4) is 5.88 Å². The van der Waals surface area contributed by atoms with Gasteiger partial charge in [-0.15, -0.1) is 0 Å². The van der Waals surface area contributed by atoms with Crippen LogP contribution in [0.1, 0.15) is 25.0 Å². The predicted molar refractivity (Wildman–Crippen MR) is 64.3 cm³/mol. The van der Waals surface area contributed by atoms with E-state index in [9.17, 15) is 9.90 Å². The molecule has 1 saturated heterocycles. The van der Waals surface area contributed by atoms with E-state index in [4.69, 9.17) is 4.74 Å². The summed E-state index contributed by atoms with van der Waals surface area (Å²) >= 11 is 0. The summed E-state index contributed by atoms with van der Waals surface area (Å²) in [5.41, 5.74) is 0.688. The summed E-state index contributed by atoms with van der Waals surface area (Å²) in [5.74, 6) is -0.301. The van der Waals surface area contributed by atoms with Gasteiger partial charge < -0.3 is 9.84 Å². The third-order valence-electron chi connectivity index (χ3n) is 3.18. The van der Waals surface area contributed by atoms with Crippen molar-refractivity contribution in [1.82, 2.24) is 14.9 Å². The average molecular weight is 251 g/mol. The summed E-state index contributed by atoms with van der Waals surface area (Å²) in [6.45, 7) is 1.24. The molecule has 1 aliphatic heterocycles.